The van der Waals surface area contributed by atoms with E-state index < -0.39 is 0 Å². The molecule has 1 heterocycles. The predicted octanol–water partition coefficient (Wildman–Crippen LogP) is 2.93. The summed E-state index contributed by atoms with van der Waals surface area (Å²) in [5, 5.41) is 0.584. The highest BCUT2D eigenvalue weighted by Gasteiger charge is 2.23. The van der Waals surface area contributed by atoms with Crippen molar-refractivity contribution in [2.45, 2.75) is 0 Å². The second-order valence-electron chi connectivity index (χ2n) is 4.76. The maximum absolute atomic E-state index is 12.4. The molecule has 0 fully saturated rings. The molecule has 0 atom stereocenters. The quantitative estimate of drug-likeness (QED) is 0.801. The van der Waals surface area contributed by atoms with E-state index in [0.717, 1.165) is 0 Å². The van der Waals surface area contributed by atoms with Crippen molar-refractivity contribution in [1.82, 2.24) is 0 Å². The maximum Gasteiger partial charge on any atom is 0.264 e. The molecule has 3 rings (SSSR count). The van der Waals surface area contributed by atoms with Crippen molar-refractivity contribution in [1.29, 1.82) is 0 Å². The number of carbonyl (C=O) groups is 2. The van der Waals surface area contributed by atoms with Crippen LogP contribution in [0.15, 0.2) is 42.5 Å². The number of amides is 1. The summed E-state index contributed by atoms with van der Waals surface area (Å²) in [6, 6.07) is 11.8. The third kappa shape index (κ3) is 2.50. The van der Waals surface area contributed by atoms with Crippen molar-refractivity contribution >= 4 is 29.0 Å². The van der Waals surface area contributed by atoms with Crippen LogP contribution in [-0.4, -0.2) is 25.3 Å². The zero-order chi connectivity index (χ0) is 15.0. The number of rotatable bonds is 2. The van der Waals surface area contributed by atoms with Crippen molar-refractivity contribution in [3.63, 3.8) is 0 Å². The molecule has 0 spiro atoms. The normalized spacial score (nSPS) is 13.6. The van der Waals surface area contributed by atoms with Crippen LogP contribution < -0.4 is 9.64 Å². The Balaban J connectivity index is 1.95. The van der Waals surface area contributed by atoms with Gasteiger partial charge in [-0.05, 0) is 42.5 Å². The topological polar surface area (TPSA) is 46.6 Å². The van der Waals surface area contributed by atoms with E-state index in [9.17, 15) is 9.59 Å². The first-order chi connectivity index (χ1) is 10.1. The first-order valence-corrected chi connectivity index (χ1v) is 6.78. The minimum atomic E-state index is -0.113. The van der Waals surface area contributed by atoms with Gasteiger partial charge in [-0.1, -0.05) is 11.6 Å². The molecule has 0 radical (unpaired) electrons. The van der Waals surface area contributed by atoms with Crippen molar-refractivity contribution in [2.24, 2.45) is 0 Å². The molecule has 0 unspecified atom stereocenters. The molecule has 5 heteroatoms. The summed E-state index contributed by atoms with van der Waals surface area (Å²) in [7, 11) is 1.68. The number of benzene rings is 2. The minimum absolute atomic E-state index is 0.0118. The molecule has 2 aromatic rings. The van der Waals surface area contributed by atoms with Crippen LogP contribution in [-0.2, 0) is 4.79 Å². The molecule has 21 heavy (non-hydrogen) atoms. The molecule has 0 aromatic heterocycles. The van der Waals surface area contributed by atoms with Gasteiger partial charge < -0.3 is 9.64 Å². The van der Waals surface area contributed by atoms with Gasteiger partial charge in [0.25, 0.3) is 5.91 Å². The van der Waals surface area contributed by atoms with Gasteiger partial charge in [-0.3, -0.25) is 9.59 Å². The fourth-order valence-corrected chi connectivity index (χ4v) is 2.31. The Kier molecular flexibility index (Phi) is 3.39. The first kappa shape index (κ1) is 13.6. The second-order valence-corrected chi connectivity index (χ2v) is 5.20. The SMILES string of the molecule is CN1C(=O)COc2cc(C(=O)c3ccc(Cl)cc3)ccc21. The fourth-order valence-electron chi connectivity index (χ4n) is 2.19. The van der Waals surface area contributed by atoms with E-state index in [1.54, 1.807) is 49.5 Å². The lowest BCUT2D eigenvalue weighted by atomic mass is 10.0. The summed E-state index contributed by atoms with van der Waals surface area (Å²) < 4.78 is 5.39. The first-order valence-electron chi connectivity index (χ1n) is 6.40. The number of hydrogen-bond donors (Lipinski definition) is 0. The molecule has 1 amide bonds. The van der Waals surface area contributed by atoms with Crippen molar-refractivity contribution in [2.75, 3.05) is 18.6 Å². The number of anilines is 1. The van der Waals surface area contributed by atoms with Gasteiger partial charge in [0.15, 0.2) is 12.4 Å². The van der Waals surface area contributed by atoms with E-state index in [4.69, 9.17) is 16.3 Å². The molecule has 2 aromatic carbocycles. The highest BCUT2D eigenvalue weighted by Crippen LogP contribution is 2.32. The third-order valence-corrected chi connectivity index (χ3v) is 3.67. The molecule has 1 aliphatic rings. The molecule has 0 aliphatic carbocycles. The fraction of sp³-hybridized carbons (Fsp3) is 0.125. The smallest absolute Gasteiger partial charge is 0.264 e. The van der Waals surface area contributed by atoms with Crippen LogP contribution in [0, 0.1) is 0 Å². The van der Waals surface area contributed by atoms with E-state index in [0.29, 0.717) is 27.6 Å². The summed E-state index contributed by atoms with van der Waals surface area (Å²) in [6.07, 6.45) is 0. The minimum Gasteiger partial charge on any atom is -0.482 e. The summed E-state index contributed by atoms with van der Waals surface area (Å²) in [6.45, 7) is -0.0118. The third-order valence-electron chi connectivity index (χ3n) is 3.42. The van der Waals surface area contributed by atoms with Crippen LogP contribution in [0.1, 0.15) is 15.9 Å². The van der Waals surface area contributed by atoms with Crippen LogP contribution in [0.25, 0.3) is 0 Å². The van der Waals surface area contributed by atoms with Gasteiger partial charge in [0, 0.05) is 23.2 Å². The lowest BCUT2D eigenvalue weighted by molar-refractivity contribution is -0.120. The van der Waals surface area contributed by atoms with Crippen LogP contribution in [0.4, 0.5) is 5.69 Å². The van der Waals surface area contributed by atoms with E-state index in [-0.39, 0.29) is 18.3 Å². The lowest BCUT2D eigenvalue weighted by Crippen LogP contribution is -2.35. The number of halogens is 1. The highest BCUT2D eigenvalue weighted by molar-refractivity contribution is 6.30. The standard InChI is InChI=1S/C16H12ClNO3/c1-18-13-7-4-11(8-14(13)21-9-15(18)19)16(20)10-2-5-12(17)6-3-10/h2-8H,9H2,1H3. The Morgan fingerprint density at radius 3 is 2.52 bits per heavy atom. The zero-order valence-corrected chi connectivity index (χ0v) is 12.1. The molecule has 0 saturated heterocycles. The summed E-state index contributed by atoms with van der Waals surface area (Å²) in [5.74, 6) is 0.314. The Bertz CT molecular complexity index is 725. The largest absolute Gasteiger partial charge is 0.482 e. The number of fused-ring (bicyclic) bond motifs is 1. The predicted molar refractivity (Wildman–Crippen MR) is 80.2 cm³/mol. The van der Waals surface area contributed by atoms with E-state index in [1.165, 1.54) is 4.90 Å². The van der Waals surface area contributed by atoms with Gasteiger partial charge in [-0.15, -0.1) is 0 Å². The van der Waals surface area contributed by atoms with Gasteiger partial charge in [-0.2, -0.15) is 0 Å². The summed E-state index contributed by atoms with van der Waals surface area (Å²) in [5.41, 5.74) is 1.73. The number of nitrogens with zero attached hydrogens (tertiary/aromatic N) is 1. The van der Waals surface area contributed by atoms with Gasteiger partial charge in [0.2, 0.25) is 0 Å². The van der Waals surface area contributed by atoms with Crippen LogP contribution in [0.5, 0.6) is 5.75 Å². The second kappa shape index (κ2) is 5.22. The van der Waals surface area contributed by atoms with Gasteiger partial charge in [-0.25, -0.2) is 0 Å². The molecule has 0 bridgehead atoms. The van der Waals surface area contributed by atoms with Crippen molar-refractivity contribution < 1.29 is 14.3 Å². The average Bonchev–Trinajstić information content (AvgIpc) is 2.51. The Labute approximate surface area is 126 Å². The van der Waals surface area contributed by atoms with Crippen molar-refractivity contribution in [3.8, 4) is 5.75 Å². The number of hydrogen-bond acceptors (Lipinski definition) is 3. The molecular formula is C16H12ClNO3. The van der Waals surface area contributed by atoms with Crippen molar-refractivity contribution in [3.05, 3.63) is 58.6 Å². The maximum atomic E-state index is 12.4. The monoisotopic (exact) mass is 301 g/mol. The number of likely N-dealkylation sites (N-methyl/N-ethyl adjacent to an activating group) is 1. The highest BCUT2D eigenvalue weighted by atomic mass is 35.5. The van der Waals surface area contributed by atoms with E-state index in [1.807, 2.05) is 0 Å². The Morgan fingerprint density at radius 1 is 1.14 bits per heavy atom. The van der Waals surface area contributed by atoms with Gasteiger partial charge >= 0.3 is 0 Å². The van der Waals surface area contributed by atoms with Gasteiger partial charge in [0.05, 0.1) is 5.69 Å². The molecule has 106 valence electrons. The van der Waals surface area contributed by atoms with Crippen LogP contribution in [0.2, 0.25) is 5.02 Å². The summed E-state index contributed by atoms with van der Waals surface area (Å²) in [4.78, 5) is 25.5. The average molecular weight is 302 g/mol. The molecule has 0 saturated carbocycles. The Morgan fingerprint density at radius 2 is 1.81 bits per heavy atom. The molecule has 4 nitrogen and oxygen atoms in total. The zero-order valence-electron chi connectivity index (χ0n) is 11.3. The molecule has 1 aliphatic heterocycles. The van der Waals surface area contributed by atoms with E-state index in [2.05, 4.69) is 0 Å². The number of ether oxygens (including phenoxy) is 1. The summed E-state index contributed by atoms with van der Waals surface area (Å²) >= 11 is 5.82. The number of ketones is 1. The molecule has 0 N–H and O–H groups in total. The van der Waals surface area contributed by atoms with Crippen LogP contribution >= 0.6 is 11.6 Å². The van der Waals surface area contributed by atoms with E-state index >= 15 is 0 Å². The number of carbonyl (C=O) groups excluding carboxylic acids is 2. The van der Waals surface area contributed by atoms with Crippen LogP contribution in [0.3, 0.4) is 0 Å². The Hall–Kier alpha value is -2.33. The van der Waals surface area contributed by atoms with Gasteiger partial charge in [0.1, 0.15) is 5.75 Å². The molecular weight excluding hydrogens is 290 g/mol. The lowest BCUT2D eigenvalue weighted by Gasteiger charge is -2.26.